The van der Waals surface area contributed by atoms with E-state index in [2.05, 4.69) is 4.98 Å². The third-order valence-electron chi connectivity index (χ3n) is 3.26. The molecular formula is C13H17N3O3. The molecule has 1 aromatic rings. The molecule has 6 heteroatoms. The Morgan fingerprint density at radius 3 is 2.84 bits per heavy atom. The molecule has 0 saturated carbocycles. The fraction of sp³-hybridized carbons (Fsp3) is 0.462. The molecule has 2 rings (SSSR count). The van der Waals surface area contributed by atoms with Crippen molar-refractivity contribution in [1.82, 2.24) is 9.88 Å². The fourth-order valence-electron chi connectivity index (χ4n) is 2.16. The van der Waals surface area contributed by atoms with Gasteiger partial charge >= 0.3 is 5.97 Å². The first-order chi connectivity index (χ1) is 8.99. The number of rotatable bonds is 2. The van der Waals surface area contributed by atoms with Crippen LogP contribution in [0, 0.1) is 6.92 Å². The topological polar surface area (TPSA) is 73.7 Å². The van der Waals surface area contributed by atoms with Crippen LogP contribution in [-0.2, 0) is 4.79 Å². The number of pyridine rings is 1. The Hall–Kier alpha value is -2.11. The summed E-state index contributed by atoms with van der Waals surface area (Å²) in [6.45, 7) is 3.38. The van der Waals surface area contributed by atoms with Crippen LogP contribution in [0.3, 0.4) is 0 Å². The maximum absolute atomic E-state index is 11.9. The molecule has 2 heterocycles. The first kappa shape index (κ1) is 13.3. The molecule has 0 radical (unpaired) electrons. The van der Waals surface area contributed by atoms with Crippen LogP contribution in [0.15, 0.2) is 12.3 Å². The van der Waals surface area contributed by atoms with Gasteiger partial charge in [0.2, 0.25) is 5.91 Å². The van der Waals surface area contributed by atoms with Crippen molar-refractivity contribution >= 4 is 17.6 Å². The normalized spacial score (nSPS) is 16.4. The zero-order valence-electron chi connectivity index (χ0n) is 11.1. The summed E-state index contributed by atoms with van der Waals surface area (Å²) >= 11 is 0. The lowest BCUT2D eigenvalue weighted by Crippen LogP contribution is -2.35. The smallest absolute Gasteiger partial charge is 0.339 e. The maximum atomic E-state index is 11.9. The Balaban J connectivity index is 2.37. The largest absolute Gasteiger partial charge is 0.478 e. The minimum Gasteiger partial charge on any atom is -0.478 e. The molecule has 1 aromatic heterocycles. The van der Waals surface area contributed by atoms with E-state index in [-0.39, 0.29) is 18.0 Å². The molecule has 1 amide bonds. The lowest BCUT2D eigenvalue weighted by molar-refractivity contribution is -0.127. The molecule has 1 N–H and O–H groups in total. The predicted octanol–water partition coefficient (Wildman–Crippen LogP) is 0.757. The zero-order chi connectivity index (χ0) is 14.0. The van der Waals surface area contributed by atoms with Gasteiger partial charge in [0.05, 0.1) is 12.2 Å². The monoisotopic (exact) mass is 263 g/mol. The number of hydrogen-bond donors (Lipinski definition) is 1. The molecule has 19 heavy (non-hydrogen) atoms. The second-order valence-electron chi connectivity index (χ2n) is 4.74. The molecule has 1 aliphatic heterocycles. The second-order valence-corrected chi connectivity index (χ2v) is 4.74. The van der Waals surface area contributed by atoms with Crippen molar-refractivity contribution in [3.63, 3.8) is 0 Å². The fourth-order valence-corrected chi connectivity index (χ4v) is 2.16. The molecule has 1 aliphatic rings. The average Bonchev–Trinajstić information content (AvgIpc) is 2.51. The van der Waals surface area contributed by atoms with E-state index in [9.17, 15) is 14.7 Å². The molecule has 1 saturated heterocycles. The summed E-state index contributed by atoms with van der Waals surface area (Å²) in [6, 6.07) is 1.72. The van der Waals surface area contributed by atoms with E-state index in [1.807, 2.05) is 4.90 Å². The van der Waals surface area contributed by atoms with Crippen LogP contribution in [0.4, 0.5) is 5.69 Å². The number of carbonyl (C=O) groups excluding carboxylic acids is 1. The molecule has 0 atom stereocenters. The number of carbonyl (C=O) groups is 2. The summed E-state index contributed by atoms with van der Waals surface area (Å²) in [5.41, 5.74) is 1.46. The van der Waals surface area contributed by atoms with E-state index >= 15 is 0 Å². The molecule has 102 valence electrons. The van der Waals surface area contributed by atoms with Crippen molar-refractivity contribution < 1.29 is 14.7 Å². The van der Waals surface area contributed by atoms with Crippen LogP contribution in [0.2, 0.25) is 0 Å². The highest BCUT2D eigenvalue weighted by Crippen LogP contribution is 2.22. The van der Waals surface area contributed by atoms with Crippen molar-refractivity contribution in [2.45, 2.75) is 13.3 Å². The highest BCUT2D eigenvalue weighted by atomic mass is 16.4. The molecule has 6 nitrogen and oxygen atoms in total. The standard InChI is InChI=1S/C13H17N3O3/c1-9-6-11(10(7-14-9)13(18)19)16-5-3-4-15(2)12(17)8-16/h6-7H,3-5,8H2,1-2H3,(H,18,19). The molecule has 1 fully saturated rings. The van der Waals surface area contributed by atoms with Gasteiger partial charge in [-0.2, -0.15) is 0 Å². The van der Waals surface area contributed by atoms with Crippen LogP contribution in [0.1, 0.15) is 22.5 Å². The van der Waals surface area contributed by atoms with Gasteiger partial charge in [0, 0.05) is 32.0 Å². The maximum Gasteiger partial charge on any atom is 0.339 e. The summed E-state index contributed by atoms with van der Waals surface area (Å²) in [6.07, 6.45) is 2.18. The Bertz CT molecular complexity index is 516. The number of carboxylic acid groups (broad SMARTS) is 1. The average molecular weight is 263 g/mol. The molecular weight excluding hydrogens is 246 g/mol. The van der Waals surface area contributed by atoms with Gasteiger partial charge in [-0.3, -0.25) is 9.78 Å². The molecule has 0 spiro atoms. The third-order valence-corrected chi connectivity index (χ3v) is 3.26. The quantitative estimate of drug-likeness (QED) is 0.852. The van der Waals surface area contributed by atoms with Gasteiger partial charge in [-0.15, -0.1) is 0 Å². The highest BCUT2D eigenvalue weighted by molar-refractivity contribution is 5.95. The SMILES string of the molecule is Cc1cc(N2CCCN(C)C(=O)C2)c(C(=O)O)cn1. The highest BCUT2D eigenvalue weighted by Gasteiger charge is 2.23. The van der Waals surface area contributed by atoms with Crippen LogP contribution in [-0.4, -0.2) is 53.5 Å². The Morgan fingerprint density at radius 2 is 2.16 bits per heavy atom. The summed E-state index contributed by atoms with van der Waals surface area (Å²) < 4.78 is 0. The molecule has 0 bridgehead atoms. The number of amides is 1. The number of aromatic nitrogens is 1. The summed E-state index contributed by atoms with van der Waals surface area (Å²) in [5.74, 6) is -1.02. The van der Waals surface area contributed by atoms with Crippen LogP contribution >= 0.6 is 0 Å². The third kappa shape index (κ3) is 2.83. The first-order valence-electron chi connectivity index (χ1n) is 6.18. The number of aryl methyl sites for hydroxylation is 1. The van der Waals surface area contributed by atoms with Gasteiger partial charge in [0.25, 0.3) is 0 Å². The molecule has 0 unspecified atom stereocenters. The van der Waals surface area contributed by atoms with E-state index in [0.29, 0.717) is 18.8 Å². The number of carboxylic acids is 1. The van der Waals surface area contributed by atoms with Crippen LogP contribution < -0.4 is 4.90 Å². The van der Waals surface area contributed by atoms with Crippen LogP contribution in [0.5, 0.6) is 0 Å². The van der Waals surface area contributed by atoms with E-state index in [4.69, 9.17) is 0 Å². The number of aromatic carboxylic acids is 1. The zero-order valence-corrected chi connectivity index (χ0v) is 11.1. The number of hydrogen-bond acceptors (Lipinski definition) is 4. The number of likely N-dealkylation sites (N-methyl/N-ethyl adjacent to an activating group) is 1. The summed E-state index contributed by atoms with van der Waals surface area (Å²) in [4.78, 5) is 30.6. The Morgan fingerprint density at radius 1 is 1.42 bits per heavy atom. The van der Waals surface area contributed by atoms with Crippen molar-refractivity contribution in [2.75, 3.05) is 31.6 Å². The Kier molecular flexibility index (Phi) is 3.69. The van der Waals surface area contributed by atoms with Gasteiger partial charge in [-0.25, -0.2) is 4.79 Å². The lowest BCUT2D eigenvalue weighted by Gasteiger charge is -2.23. The van der Waals surface area contributed by atoms with E-state index in [1.165, 1.54) is 6.20 Å². The van der Waals surface area contributed by atoms with Crippen molar-refractivity contribution in [3.05, 3.63) is 23.5 Å². The van der Waals surface area contributed by atoms with Gasteiger partial charge in [0.1, 0.15) is 5.56 Å². The minimum absolute atomic E-state index is 0.00306. The van der Waals surface area contributed by atoms with Crippen molar-refractivity contribution in [1.29, 1.82) is 0 Å². The number of anilines is 1. The van der Waals surface area contributed by atoms with Gasteiger partial charge in [-0.1, -0.05) is 0 Å². The lowest BCUT2D eigenvalue weighted by atomic mass is 10.2. The molecule has 0 aromatic carbocycles. The van der Waals surface area contributed by atoms with E-state index in [1.54, 1.807) is 24.9 Å². The summed E-state index contributed by atoms with van der Waals surface area (Å²) in [7, 11) is 1.77. The van der Waals surface area contributed by atoms with Crippen molar-refractivity contribution in [3.8, 4) is 0 Å². The summed E-state index contributed by atoms with van der Waals surface area (Å²) in [5, 5.41) is 9.21. The number of nitrogens with zero attached hydrogens (tertiary/aromatic N) is 3. The van der Waals surface area contributed by atoms with E-state index in [0.717, 1.165) is 12.1 Å². The van der Waals surface area contributed by atoms with Gasteiger partial charge in [-0.05, 0) is 19.4 Å². The minimum atomic E-state index is -1.02. The Labute approximate surface area is 111 Å². The first-order valence-corrected chi connectivity index (χ1v) is 6.18. The van der Waals surface area contributed by atoms with Crippen molar-refractivity contribution in [2.24, 2.45) is 0 Å². The van der Waals surface area contributed by atoms with Gasteiger partial charge < -0.3 is 14.9 Å². The second kappa shape index (κ2) is 5.26. The van der Waals surface area contributed by atoms with E-state index < -0.39 is 5.97 Å². The molecule has 0 aliphatic carbocycles. The van der Waals surface area contributed by atoms with Gasteiger partial charge in [0.15, 0.2) is 0 Å². The predicted molar refractivity (Wildman–Crippen MR) is 70.4 cm³/mol. The van der Waals surface area contributed by atoms with Crippen LogP contribution in [0.25, 0.3) is 0 Å².